The highest BCUT2D eigenvalue weighted by Gasteiger charge is 2.12. The Morgan fingerprint density at radius 1 is 1.06 bits per heavy atom. The SMILES string of the molecule is Cc1cc(Br)cc(C)c1NC(=O)COc1ccc(/C=N\NC(=O)C(=O)NCC(C)C)cc1. The number of anilines is 1. The van der Waals surface area contributed by atoms with Crippen LogP contribution in [0.4, 0.5) is 5.69 Å². The van der Waals surface area contributed by atoms with Gasteiger partial charge in [0.2, 0.25) is 0 Å². The molecule has 0 spiro atoms. The molecular weight excluding hydrogens is 476 g/mol. The lowest BCUT2D eigenvalue weighted by molar-refractivity contribution is -0.139. The summed E-state index contributed by atoms with van der Waals surface area (Å²) < 4.78 is 6.49. The molecule has 0 heterocycles. The Labute approximate surface area is 195 Å². The Bertz CT molecular complexity index is 981. The highest BCUT2D eigenvalue weighted by atomic mass is 79.9. The predicted molar refractivity (Wildman–Crippen MR) is 128 cm³/mol. The smallest absolute Gasteiger partial charge is 0.329 e. The Hall–Kier alpha value is -3.20. The van der Waals surface area contributed by atoms with Crippen LogP contribution in [-0.4, -0.2) is 37.1 Å². The molecule has 2 aromatic rings. The lowest BCUT2D eigenvalue weighted by Crippen LogP contribution is -2.39. The molecule has 0 aliphatic carbocycles. The van der Waals surface area contributed by atoms with Crippen LogP contribution in [0.5, 0.6) is 5.75 Å². The molecule has 8 nitrogen and oxygen atoms in total. The van der Waals surface area contributed by atoms with Gasteiger partial charge in [-0.15, -0.1) is 0 Å². The summed E-state index contributed by atoms with van der Waals surface area (Å²) in [5, 5.41) is 9.15. The van der Waals surface area contributed by atoms with Crippen LogP contribution >= 0.6 is 15.9 Å². The minimum atomic E-state index is -0.830. The van der Waals surface area contributed by atoms with Gasteiger partial charge in [0, 0.05) is 16.7 Å². The van der Waals surface area contributed by atoms with Crippen LogP contribution in [-0.2, 0) is 14.4 Å². The normalized spacial score (nSPS) is 10.8. The number of ether oxygens (including phenoxy) is 1. The van der Waals surface area contributed by atoms with Gasteiger partial charge < -0.3 is 15.4 Å². The first-order valence-corrected chi connectivity index (χ1v) is 10.9. The van der Waals surface area contributed by atoms with Gasteiger partial charge in [-0.1, -0.05) is 29.8 Å². The summed E-state index contributed by atoms with van der Waals surface area (Å²) in [6, 6.07) is 10.7. The van der Waals surface area contributed by atoms with Gasteiger partial charge in [-0.2, -0.15) is 5.10 Å². The number of amides is 3. The molecule has 0 aliphatic rings. The number of hydrogen-bond donors (Lipinski definition) is 3. The molecule has 2 aromatic carbocycles. The zero-order chi connectivity index (χ0) is 23.7. The van der Waals surface area contributed by atoms with Crippen molar-refractivity contribution in [1.29, 1.82) is 0 Å². The van der Waals surface area contributed by atoms with E-state index in [1.54, 1.807) is 24.3 Å². The van der Waals surface area contributed by atoms with Crippen LogP contribution in [0.15, 0.2) is 46.0 Å². The minimum Gasteiger partial charge on any atom is -0.484 e. The molecule has 3 amide bonds. The van der Waals surface area contributed by atoms with Gasteiger partial charge in [-0.25, -0.2) is 5.43 Å². The minimum absolute atomic E-state index is 0.135. The van der Waals surface area contributed by atoms with E-state index in [0.29, 0.717) is 17.9 Å². The highest BCUT2D eigenvalue weighted by molar-refractivity contribution is 9.10. The second-order valence-electron chi connectivity index (χ2n) is 7.62. The fourth-order valence-corrected chi connectivity index (χ4v) is 3.36. The maximum Gasteiger partial charge on any atom is 0.329 e. The van der Waals surface area contributed by atoms with Crippen molar-refractivity contribution in [3.8, 4) is 5.75 Å². The van der Waals surface area contributed by atoms with Crippen molar-refractivity contribution in [1.82, 2.24) is 10.7 Å². The number of hydrogen-bond acceptors (Lipinski definition) is 5. The second kappa shape index (κ2) is 12.0. The van der Waals surface area contributed by atoms with E-state index in [-0.39, 0.29) is 18.4 Å². The van der Waals surface area contributed by atoms with E-state index in [9.17, 15) is 14.4 Å². The fraction of sp³-hybridized carbons (Fsp3) is 0.304. The lowest BCUT2D eigenvalue weighted by atomic mass is 10.1. The Morgan fingerprint density at radius 2 is 1.69 bits per heavy atom. The van der Waals surface area contributed by atoms with Crippen molar-refractivity contribution in [3.63, 3.8) is 0 Å². The molecule has 9 heteroatoms. The number of nitrogens with zero attached hydrogens (tertiary/aromatic N) is 1. The third-order valence-corrected chi connectivity index (χ3v) is 4.73. The summed E-state index contributed by atoms with van der Waals surface area (Å²) >= 11 is 3.44. The van der Waals surface area contributed by atoms with E-state index < -0.39 is 11.8 Å². The molecule has 32 heavy (non-hydrogen) atoms. The second-order valence-corrected chi connectivity index (χ2v) is 8.54. The van der Waals surface area contributed by atoms with Crippen molar-refractivity contribution >= 4 is 45.6 Å². The number of rotatable bonds is 8. The largest absolute Gasteiger partial charge is 0.484 e. The topological polar surface area (TPSA) is 109 Å². The molecule has 0 saturated carbocycles. The van der Waals surface area contributed by atoms with E-state index in [4.69, 9.17) is 4.74 Å². The molecular formula is C23H27BrN4O4. The number of hydrazone groups is 1. The number of aryl methyl sites for hydroxylation is 2. The van der Waals surface area contributed by atoms with Gasteiger partial charge in [0.1, 0.15) is 5.75 Å². The van der Waals surface area contributed by atoms with Crippen LogP contribution in [0.1, 0.15) is 30.5 Å². The summed E-state index contributed by atoms with van der Waals surface area (Å²) in [6.45, 7) is 7.99. The quantitative estimate of drug-likeness (QED) is 0.292. The number of halogens is 1. The molecule has 0 unspecified atom stereocenters. The molecule has 0 radical (unpaired) electrons. The average molecular weight is 503 g/mol. The third-order valence-electron chi connectivity index (χ3n) is 4.27. The first kappa shape index (κ1) is 25.1. The standard InChI is InChI=1S/C23H27BrN4O4/c1-14(2)11-25-22(30)23(31)28-26-12-17-5-7-19(8-6-17)32-13-20(29)27-21-15(3)9-18(24)10-16(21)4/h5-10,12,14H,11,13H2,1-4H3,(H,25,30)(H,27,29)(H,28,31)/b26-12-. The van der Waals surface area contributed by atoms with Crippen LogP contribution in [0.2, 0.25) is 0 Å². The van der Waals surface area contributed by atoms with Gasteiger partial charge >= 0.3 is 11.8 Å². The molecule has 0 saturated heterocycles. The first-order chi connectivity index (χ1) is 15.2. The van der Waals surface area contributed by atoms with Crippen LogP contribution in [0.25, 0.3) is 0 Å². The average Bonchev–Trinajstić information content (AvgIpc) is 2.73. The van der Waals surface area contributed by atoms with Crippen molar-refractivity contribution in [2.24, 2.45) is 11.0 Å². The van der Waals surface area contributed by atoms with Gasteiger partial charge in [-0.05, 0) is 72.9 Å². The van der Waals surface area contributed by atoms with E-state index in [2.05, 4.69) is 37.1 Å². The summed E-state index contributed by atoms with van der Waals surface area (Å²) in [4.78, 5) is 35.5. The van der Waals surface area contributed by atoms with E-state index in [1.807, 2.05) is 39.8 Å². The molecule has 0 aromatic heterocycles. The summed E-state index contributed by atoms with van der Waals surface area (Å²) in [6.07, 6.45) is 1.41. The highest BCUT2D eigenvalue weighted by Crippen LogP contribution is 2.25. The predicted octanol–water partition coefficient (Wildman–Crippen LogP) is 3.31. The molecule has 170 valence electrons. The molecule has 0 bridgehead atoms. The molecule has 2 rings (SSSR count). The number of benzene rings is 2. The number of carbonyl (C=O) groups excluding carboxylic acids is 3. The van der Waals surface area contributed by atoms with Crippen LogP contribution < -0.4 is 20.8 Å². The molecule has 0 aliphatic heterocycles. The molecule has 0 fully saturated rings. The van der Waals surface area contributed by atoms with Crippen molar-refractivity contribution in [2.45, 2.75) is 27.7 Å². The lowest BCUT2D eigenvalue weighted by Gasteiger charge is -2.13. The Balaban J connectivity index is 1.81. The zero-order valence-corrected chi connectivity index (χ0v) is 20.1. The van der Waals surface area contributed by atoms with Gasteiger partial charge in [-0.3, -0.25) is 14.4 Å². The number of carbonyl (C=O) groups is 3. The Morgan fingerprint density at radius 3 is 2.28 bits per heavy atom. The molecule has 3 N–H and O–H groups in total. The summed E-state index contributed by atoms with van der Waals surface area (Å²) in [5.74, 6) is -1.06. The zero-order valence-electron chi connectivity index (χ0n) is 18.5. The maximum atomic E-state index is 12.2. The van der Waals surface area contributed by atoms with Crippen molar-refractivity contribution in [2.75, 3.05) is 18.5 Å². The van der Waals surface area contributed by atoms with E-state index in [0.717, 1.165) is 21.3 Å². The fourth-order valence-electron chi connectivity index (χ4n) is 2.68. The van der Waals surface area contributed by atoms with Crippen LogP contribution in [0.3, 0.4) is 0 Å². The van der Waals surface area contributed by atoms with Gasteiger partial charge in [0.15, 0.2) is 6.61 Å². The van der Waals surface area contributed by atoms with Gasteiger partial charge in [0.25, 0.3) is 5.91 Å². The summed E-state index contributed by atoms with van der Waals surface area (Å²) in [5.41, 5.74) is 5.55. The maximum absolute atomic E-state index is 12.2. The third kappa shape index (κ3) is 8.14. The van der Waals surface area contributed by atoms with Crippen LogP contribution in [0, 0.1) is 19.8 Å². The van der Waals surface area contributed by atoms with Crippen molar-refractivity contribution < 1.29 is 19.1 Å². The summed E-state index contributed by atoms with van der Waals surface area (Å²) in [7, 11) is 0. The van der Waals surface area contributed by atoms with Gasteiger partial charge in [0.05, 0.1) is 6.21 Å². The first-order valence-electron chi connectivity index (χ1n) is 10.1. The van der Waals surface area contributed by atoms with Crippen molar-refractivity contribution in [3.05, 3.63) is 57.6 Å². The molecule has 0 atom stereocenters. The monoisotopic (exact) mass is 502 g/mol. The Kier molecular flexibility index (Phi) is 9.39. The number of nitrogens with one attached hydrogen (secondary N) is 3. The van der Waals surface area contributed by atoms with E-state index in [1.165, 1.54) is 6.21 Å². The van der Waals surface area contributed by atoms with E-state index >= 15 is 0 Å².